The summed E-state index contributed by atoms with van der Waals surface area (Å²) in [6.45, 7) is 2.56. The van der Waals surface area contributed by atoms with E-state index in [1.165, 1.54) is 18.3 Å². The fourth-order valence-electron chi connectivity index (χ4n) is 3.51. The van der Waals surface area contributed by atoms with E-state index in [4.69, 9.17) is 4.74 Å². The molecule has 0 fully saturated rings. The lowest BCUT2D eigenvalue weighted by atomic mass is 10.1. The van der Waals surface area contributed by atoms with E-state index in [1.807, 2.05) is 59.2 Å². The van der Waals surface area contributed by atoms with Gasteiger partial charge in [0.2, 0.25) is 5.91 Å². The standard InChI is InChI=1S/C24H23N3O3S/c1-16(28)25-20-9-10-21-22(15-20)31-24(27(21)11-12-30-2)26-23(29)14-17-7-8-18-5-3-4-6-19(18)13-17/h3-10,13,15H,11-12,14H2,1-2H3,(H,25,28). The SMILES string of the molecule is COCCn1c(=NC(=O)Cc2ccc3ccccc3c2)sc2cc(NC(C)=O)ccc21. The molecule has 0 bridgehead atoms. The highest BCUT2D eigenvalue weighted by molar-refractivity contribution is 7.16. The van der Waals surface area contributed by atoms with Crippen LogP contribution in [0.5, 0.6) is 0 Å². The van der Waals surface area contributed by atoms with Crippen LogP contribution in [0.3, 0.4) is 0 Å². The summed E-state index contributed by atoms with van der Waals surface area (Å²) in [5.74, 6) is -0.325. The van der Waals surface area contributed by atoms with Crippen LogP contribution >= 0.6 is 11.3 Å². The van der Waals surface area contributed by atoms with Gasteiger partial charge in [0.15, 0.2) is 4.80 Å². The molecule has 1 aromatic heterocycles. The number of anilines is 1. The fourth-order valence-corrected chi connectivity index (χ4v) is 4.62. The van der Waals surface area contributed by atoms with E-state index in [0.29, 0.717) is 23.6 Å². The number of methoxy groups -OCH3 is 1. The van der Waals surface area contributed by atoms with Crippen molar-refractivity contribution in [2.24, 2.45) is 4.99 Å². The molecule has 0 saturated heterocycles. The van der Waals surface area contributed by atoms with Gasteiger partial charge >= 0.3 is 0 Å². The maximum Gasteiger partial charge on any atom is 0.252 e. The average Bonchev–Trinajstić information content (AvgIpc) is 3.07. The molecule has 31 heavy (non-hydrogen) atoms. The zero-order valence-electron chi connectivity index (χ0n) is 17.4. The average molecular weight is 434 g/mol. The van der Waals surface area contributed by atoms with E-state index in [1.54, 1.807) is 7.11 Å². The lowest BCUT2D eigenvalue weighted by molar-refractivity contribution is -0.117. The summed E-state index contributed by atoms with van der Waals surface area (Å²) >= 11 is 1.43. The molecule has 0 atom stereocenters. The largest absolute Gasteiger partial charge is 0.383 e. The highest BCUT2D eigenvalue weighted by Gasteiger charge is 2.10. The van der Waals surface area contributed by atoms with Gasteiger partial charge < -0.3 is 14.6 Å². The number of benzene rings is 3. The van der Waals surface area contributed by atoms with Gasteiger partial charge in [0.25, 0.3) is 5.91 Å². The maximum atomic E-state index is 12.8. The van der Waals surface area contributed by atoms with E-state index < -0.39 is 0 Å². The van der Waals surface area contributed by atoms with Crippen molar-refractivity contribution < 1.29 is 14.3 Å². The second-order valence-corrected chi connectivity index (χ2v) is 8.27. The molecule has 0 aliphatic rings. The lowest BCUT2D eigenvalue weighted by Gasteiger charge is -2.06. The Kier molecular flexibility index (Phi) is 6.25. The Balaban J connectivity index is 1.67. The number of rotatable bonds is 6. The number of hydrogen-bond acceptors (Lipinski definition) is 4. The van der Waals surface area contributed by atoms with Crippen LogP contribution in [-0.2, 0) is 27.3 Å². The van der Waals surface area contributed by atoms with E-state index in [-0.39, 0.29) is 18.2 Å². The number of hydrogen-bond donors (Lipinski definition) is 1. The molecule has 158 valence electrons. The van der Waals surface area contributed by atoms with E-state index in [2.05, 4.69) is 16.4 Å². The molecule has 0 aliphatic carbocycles. The summed E-state index contributed by atoms with van der Waals surface area (Å²) in [5.41, 5.74) is 2.60. The van der Waals surface area contributed by atoms with Crippen LogP contribution in [0.4, 0.5) is 5.69 Å². The quantitative estimate of drug-likeness (QED) is 0.497. The zero-order valence-corrected chi connectivity index (χ0v) is 18.2. The number of ether oxygens (including phenoxy) is 1. The minimum Gasteiger partial charge on any atom is -0.383 e. The monoisotopic (exact) mass is 433 g/mol. The number of aromatic nitrogens is 1. The van der Waals surface area contributed by atoms with Gasteiger partial charge in [-0.05, 0) is 34.5 Å². The molecule has 0 radical (unpaired) electrons. The first-order valence-corrected chi connectivity index (χ1v) is 10.8. The van der Waals surface area contributed by atoms with Gasteiger partial charge in [-0.15, -0.1) is 0 Å². The Morgan fingerprint density at radius 3 is 2.65 bits per heavy atom. The zero-order chi connectivity index (χ0) is 21.8. The third-order valence-electron chi connectivity index (χ3n) is 4.91. The normalized spacial score (nSPS) is 11.9. The van der Waals surface area contributed by atoms with Crippen molar-refractivity contribution in [1.29, 1.82) is 0 Å². The predicted octanol–water partition coefficient (Wildman–Crippen LogP) is 4.13. The van der Waals surface area contributed by atoms with Crippen LogP contribution < -0.4 is 10.1 Å². The molecule has 4 rings (SSSR count). The van der Waals surface area contributed by atoms with E-state index in [9.17, 15) is 9.59 Å². The Hall–Kier alpha value is -3.29. The first-order valence-electron chi connectivity index (χ1n) is 9.98. The molecule has 0 unspecified atom stereocenters. The van der Waals surface area contributed by atoms with Gasteiger partial charge in [0.1, 0.15) is 0 Å². The number of fused-ring (bicyclic) bond motifs is 2. The van der Waals surface area contributed by atoms with Crippen molar-refractivity contribution in [1.82, 2.24) is 4.57 Å². The molecule has 4 aromatic rings. The van der Waals surface area contributed by atoms with E-state index >= 15 is 0 Å². The number of thiazole rings is 1. The van der Waals surface area contributed by atoms with Crippen molar-refractivity contribution in [2.75, 3.05) is 19.0 Å². The van der Waals surface area contributed by atoms with Gasteiger partial charge in [-0.3, -0.25) is 9.59 Å². The number of carbonyl (C=O) groups is 2. The molecule has 0 aliphatic heterocycles. The lowest BCUT2D eigenvalue weighted by Crippen LogP contribution is -2.19. The third kappa shape index (κ3) is 4.90. The van der Waals surface area contributed by atoms with Crippen molar-refractivity contribution >= 4 is 49.8 Å². The van der Waals surface area contributed by atoms with Gasteiger partial charge in [-0.25, -0.2) is 0 Å². The first kappa shape index (κ1) is 21.0. The highest BCUT2D eigenvalue weighted by Crippen LogP contribution is 2.22. The maximum absolute atomic E-state index is 12.8. The third-order valence-corrected chi connectivity index (χ3v) is 5.95. The minimum absolute atomic E-state index is 0.126. The number of amides is 2. The molecule has 0 spiro atoms. The highest BCUT2D eigenvalue weighted by atomic mass is 32.1. The molecule has 1 heterocycles. The number of nitrogens with zero attached hydrogens (tertiary/aromatic N) is 2. The minimum atomic E-state index is -0.199. The van der Waals surface area contributed by atoms with Crippen molar-refractivity contribution in [3.05, 3.63) is 71.0 Å². The van der Waals surface area contributed by atoms with Gasteiger partial charge in [-0.1, -0.05) is 53.8 Å². The molecular weight excluding hydrogens is 410 g/mol. The molecule has 3 aromatic carbocycles. The number of carbonyl (C=O) groups excluding carboxylic acids is 2. The smallest absolute Gasteiger partial charge is 0.252 e. The van der Waals surface area contributed by atoms with Gasteiger partial charge in [0.05, 0.1) is 23.2 Å². The molecule has 2 amide bonds. The topological polar surface area (TPSA) is 72.7 Å². The second-order valence-electron chi connectivity index (χ2n) is 7.26. The summed E-state index contributed by atoms with van der Waals surface area (Å²) in [6.07, 6.45) is 0.237. The van der Waals surface area contributed by atoms with Crippen molar-refractivity contribution in [2.45, 2.75) is 19.9 Å². The molecule has 7 heteroatoms. The summed E-state index contributed by atoms with van der Waals surface area (Å²) < 4.78 is 8.17. The predicted molar refractivity (Wildman–Crippen MR) is 124 cm³/mol. The second kappa shape index (κ2) is 9.24. The fraction of sp³-hybridized carbons (Fsp3) is 0.208. The Morgan fingerprint density at radius 1 is 1.06 bits per heavy atom. The van der Waals surface area contributed by atoms with Crippen LogP contribution in [0, 0.1) is 0 Å². The van der Waals surface area contributed by atoms with E-state index in [0.717, 1.165) is 26.6 Å². The van der Waals surface area contributed by atoms with Gasteiger partial charge in [0, 0.05) is 26.3 Å². The number of nitrogens with one attached hydrogen (secondary N) is 1. The molecule has 0 saturated carbocycles. The molecule has 6 nitrogen and oxygen atoms in total. The Bertz CT molecular complexity index is 1340. The van der Waals surface area contributed by atoms with Crippen molar-refractivity contribution in [3.63, 3.8) is 0 Å². The molecule has 1 N–H and O–H groups in total. The summed E-state index contributed by atoms with van der Waals surface area (Å²) in [5, 5.41) is 5.05. The first-order chi connectivity index (χ1) is 15.0. The summed E-state index contributed by atoms with van der Waals surface area (Å²) in [6, 6.07) is 19.8. The van der Waals surface area contributed by atoms with Gasteiger partial charge in [-0.2, -0.15) is 4.99 Å². The van der Waals surface area contributed by atoms with Crippen LogP contribution in [0.1, 0.15) is 12.5 Å². The Labute approximate surface area is 183 Å². The van der Waals surface area contributed by atoms with Crippen LogP contribution in [0.15, 0.2) is 65.7 Å². The van der Waals surface area contributed by atoms with Crippen LogP contribution in [0.2, 0.25) is 0 Å². The van der Waals surface area contributed by atoms with Crippen molar-refractivity contribution in [3.8, 4) is 0 Å². The van der Waals surface area contributed by atoms with Crippen LogP contribution in [-0.4, -0.2) is 30.1 Å². The van der Waals surface area contributed by atoms with Crippen LogP contribution in [0.25, 0.3) is 21.0 Å². The summed E-state index contributed by atoms with van der Waals surface area (Å²) in [7, 11) is 1.64. The molecular formula is C24H23N3O3S. The Morgan fingerprint density at radius 2 is 1.87 bits per heavy atom. The summed E-state index contributed by atoms with van der Waals surface area (Å²) in [4.78, 5) is 29.2.